The number of rotatable bonds is 5. The molecule has 0 saturated heterocycles. The fourth-order valence-corrected chi connectivity index (χ4v) is 1.20. The van der Waals surface area contributed by atoms with Crippen LogP contribution in [0.1, 0.15) is 10.4 Å². The number of primary amides is 1. The Morgan fingerprint density at radius 3 is 2.60 bits per heavy atom. The third-order valence-electron chi connectivity index (χ3n) is 2.13. The van der Waals surface area contributed by atoms with Crippen molar-refractivity contribution >= 4 is 28.8 Å². The Labute approximate surface area is 112 Å². The van der Waals surface area contributed by atoms with Crippen molar-refractivity contribution in [3.63, 3.8) is 0 Å². The molecular formula is C10H9N7O3. The maximum absolute atomic E-state index is 11.0. The summed E-state index contributed by atoms with van der Waals surface area (Å²) in [6, 6.07) is 4.90. The summed E-state index contributed by atoms with van der Waals surface area (Å²) in [5, 5.41) is 30.0. The molecule has 1 aromatic rings. The summed E-state index contributed by atoms with van der Waals surface area (Å²) in [6.07, 6.45) is 0. The summed E-state index contributed by atoms with van der Waals surface area (Å²) >= 11 is 0. The first-order chi connectivity index (χ1) is 9.36. The molecule has 10 nitrogen and oxygen atoms in total. The van der Waals surface area contributed by atoms with E-state index in [1.807, 2.05) is 0 Å². The van der Waals surface area contributed by atoms with E-state index < -0.39 is 22.4 Å². The van der Waals surface area contributed by atoms with Gasteiger partial charge in [-0.1, -0.05) is 0 Å². The molecule has 6 N–H and O–H groups in total. The Hall–Kier alpha value is -3.48. The lowest BCUT2D eigenvalue weighted by atomic mass is 10.1. The van der Waals surface area contributed by atoms with Crippen molar-refractivity contribution in [1.29, 1.82) is 10.7 Å². The number of carbonyl (C=O) groups is 1. The SMILES string of the molecule is N#C/C(=N\Nc1cc(C(N)=O)ccc1[N+](=O)[O-])C(=N)N. The monoisotopic (exact) mass is 275 g/mol. The van der Waals surface area contributed by atoms with Crippen LogP contribution < -0.4 is 16.9 Å². The van der Waals surface area contributed by atoms with E-state index in [1.54, 1.807) is 0 Å². The van der Waals surface area contributed by atoms with Crippen molar-refractivity contribution in [3.05, 3.63) is 33.9 Å². The van der Waals surface area contributed by atoms with Crippen LogP contribution in [0, 0.1) is 26.9 Å². The first kappa shape index (κ1) is 14.6. The number of hydrogen-bond acceptors (Lipinski definition) is 7. The molecule has 0 unspecified atom stereocenters. The molecule has 0 aliphatic heterocycles. The zero-order valence-electron chi connectivity index (χ0n) is 9.95. The number of amides is 1. The molecule has 0 aliphatic rings. The summed E-state index contributed by atoms with van der Waals surface area (Å²) in [4.78, 5) is 21.1. The van der Waals surface area contributed by atoms with Gasteiger partial charge < -0.3 is 11.5 Å². The third-order valence-corrected chi connectivity index (χ3v) is 2.13. The normalized spacial score (nSPS) is 10.4. The summed E-state index contributed by atoms with van der Waals surface area (Å²) in [6.45, 7) is 0. The van der Waals surface area contributed by atoms with Gasteiger partial charge in [-0.15, -0.1) is 0 Å². The highest BCUT2D eigenvalue weighted by molar-refractivity contribution is 6.45. The van der Waals surface area contributed by atoms with E-state index in [9.17, 15) is 14.9 Å². The molecule has 10 heteroatoms. The van der Waals surface area contributed by atoms with Gasteiger partial charge in [-0.05, 0) is 12.1 Å². The van der Waals surface area contributed by atoms with Crippen LogP contribution in [0.3, 0.4) is 0 Å². The van der Waals surface area contributed by atoms with Gasteiger partial charge in [-0.2, -0.15) is 10.4 Å². The van der Waals surface area contributed by atoms with E-state index in [0.717, 1.165) is 12.1 Å². The van der Waals surface area contributed by atoms with Gasteiger partial charge in [0.2, 0.25) is 11.6 Å². The average Bonchev–Trinajstić information content (AvgIpc) is 2.38. The number of nitro benzene ring substituents is 1. The molecule has 0 saturated carbocycles. The van der Waals surface area contributed by atoms with Crippen LogP contribution in [0.5, 0.6) is 0 Å². The molecule has 0 aromatic heterocycles. The van der Waals surface area contributed by atoms with E-state index in [1.165, 1.54) is 12.1 Å². The molecule has 1 rings (SSSR count). The molecule has 0 spiro atoms. The number of amidine groups is 1. The number of nitrogens with two attached hydrogens (primary N) is 2. The number of hydrazone groups is 1. The fourth-order valence-electron chi connectivity index (χ4n) is 1.20. The van der Waals surface area contributed by atoms with E-state index in [4.69, 9.17) is 22.1 Å². The average molecular weight is 275 g/mol. The number of nitriles is 1. The lowest BCUT2D eigenvalue weighted by Gasteiger charge is -2.04. The van der Waals surface area contributed by atoms with Crippen LogP contribution in [0.4, 0.5) is 11.4 Å². The lowest BCUT2D eigenvalue weighted by molar-refractivity contribution is -0.384. The molecular weight excluding hydrogens is 266 g/mol. The van der Waals surface area contributed by atoms with Crippen molar-refractivity contribution in [1.82, 2.24) is 0 Å². The minimum atomic E-state index is -0.779. The lowest BCUT2D eigenvalue weighted by Crippen LogP contribution is -2.22. The Balaban J connectivity index is 3.24. The molecule has 102 valence electrons. The molecule has 1 amide bonds. The maximum Gasteiger partial charge on any atom is 0.294 e. The van der Waals surface area contributed by atoms with Gasteiger partial charge >= 0.3 is 0 Å². The molecule has 0 aliphatic carbocycles. The van der Waals surface area contributed by atoms with Gasteiger partial charge in [-0.3, -0.25) is 25.7 Å². The Morgan fingerprint density at radius 1 is 1.50 bits per heavy atom. The first-order valence-corrected chi connectivity index (χ1v) is 5.03. The molecule has 0 atom stereocenters. The minimum Gasteiger partial charge on any atom is -0.382 e. The van der Waals surface area contributed by atoms with Crippen molar-refractivity contribution in [3.8, 4) is 6.07 Å². The molecule has 0 heterocycles. The summed E-state index contributed by atoms with van der Waals surface area (Å²) < 4.78 is 0. The molecule has 0 bridgehead atoms. The second kappa shape index (κ2) is 5.91. The van der Waals surface area contributed by atoms with Crippen molar-refractivity contribution in [2.24, 2.45) is 16.6 Å². The van der Waals surface area contributed by atoms with Gasteiger partial charge in [0.1, 0.15) is 11.8 Å². The van der Waals surface area contributed by atoms with Crippen molar-refractivity contribution < 1.29 is 9.72 Å². The van der Waals surface area contributed by atoms with Crippen molar-refractivity contribution in [2.75, 3.05) is 5.43 Å². The van der Waals surface area contributed by atoms with Crippen LogP contribution in [-0.4, -0.2) is 22.4 Å². The van der Waals surface area contributed by atoms with Crippen molar-refractivity contribution in [2.45, 2.75) is 0 Å². The number of hydrogen-bond donors (Lipinski definition) is 4. The predicted molar refractivity (Wildman–Crippen MR) is 70.2 cm³/mol. The smallest absolute Gasteiger partial charge is 0.294 e. The van der Waals surface area contributed by atoms with Crippen LogP contribution in [-0.2, 0) is 0 Å². The Kier molecular flexibility index (Phi) is 4.31. The summed E-state index contributed by atoms with van der Waals surface area (Å²) in [7, 11) is 0. The second-order valence-electron chi connectivity index (χ2n) is 3.45. The number of benzene rings is 1. The van der Waals surface area contributed by atoms with Gasteiger partial charge in [0.25, 0.3) is 5.69 Å². The summed E-state index contributed by atoms with van der Waals surface area (Å²) in [5.74, 6) is -1.38. The van der Waals surface area contributed by atoms with Gasteiger partial charge in [0, 0.05) is 11.6 Å². The topological polar surface area (TPSA) is 184 Å². The Bertz CT molecular complexity index is 659. The van der Waals surface area contributed by atoms with Crippen LogP contribution >= 0.6 is 0 Å². The number of nitrogens with one attached hydrogen (secondary N) is 2. The number of anilines is 1. The number of nitrogens with zero attached hydrogens (tertiary/aromatic N) is 3. The fraction of sp³-hybridized carbons (Fsp3) is 0. The van der Waals surface area contributed by atoms with Crippen LogP contribution in [0.2, 0.25) is 0 Å². The van der Waals surface area contributed by atoms with Gasteiger partial charge in [0.05, 0.1) is 4.92 Å². The van der Waals surface area contributed by atoms with Gasteiger partial charge in [-0.25, -0.2) is 0 Å². The second-order valence-corrected chi connectivity index (χ2v) is 3.45. The summed E-state index contributed by atoms with van der Waals surface area (Å²) in [5.41, 5.74) is 11.4. The highest BCUT2D eigenvalue weighted by Crippen LogP contribution is 2.25. The van der Waals surface area contributed by atoms with E-state index in [-0.39, 0.29) is 16.9 Å². The third kappa shape index (κ3) is 3.26. The van der Waals surface area contributed by atoms with E-state index in [2.05, 4.69) is 10.5 Å². The largest absolute Gasteiger partial charge is 0.382 e. The molecule has 20 heavy (non-hydrogen) atoms. The van der Waals surface area contributed by atoms with Gasteiger partial charge in [0.15, 0.2) is 5.84 Å². The highest BCUT2D eigenvalue weighted by atomic mass is 16.6. The molecule has 1 aromatic carbocycles. The quantitative estimate of drug-likeness (QED) is 0.252. The van der Waals surface area contributed by atoms with E-state index >= 15 is 0 Å². The molecule has 0 radical (unpaired) electrons. The maximum atomic E-state index is 11.0. The standard InChI is InChI=1S/C10H9N7O3/c11-4-7(9(12)13)16-15-6-3-5(10(14)18)1-2-8(6)17(19)20/h1-3,15H,(H3,12,13)(H2,14,18)/b16-7+. The van der Waals surface area contributed by atoms with Crippen LogP contribution in [0.15, 0.2) is 23.3 Å². The zero-order chi connectivity index (χ0) is 15.3. The zero-order valence-corrected chi connectivity index (χ0v) is 9.95. The number of carbonyl (C=O) groups excluding carboxylic acids is 1. The molecule has 0 fully saturated rings. The predicted octanol–water partition coefficient (Wildman–Crippen LogP) is -0.0789. The van der Waals surface area contributed by atoms with Crippen LogP contribution in [0.25, 0.3) is 0 Å². The Morgan fingerprint density at radius 2 is 2.15 bits per heavy atom. The highest BCUT2D eigenvalue weighted by Gasteiger charge is 2.16. The minimum absolute atomic E-state index is 0.0228. The first-order valence-electron chi connectivity index (χ1n) is 5.03. The number of nitro groups is 1. The van der Waals surface area contributed by atoms with E-state index in [0.29, 0.717) is 0 Å².